The van der Waals surface area contributed by atoms with Crippen molar-refractivity contribution in [2.75, 3.05) is 13.7 Å². The van der Waals surface area contributed by atoms with E-state index < -0.39 is 20.8 Å². The topological polar surface area (TPSA) is 18.5 Å². The summed E-state index contributed by atoms with van der Waals surface area (Å²) in [4.78, 5) is 0. The zero-order valence-corrected chi connectivity index (χ0v) is 7.28. The number of hydrogen-bond acceptors (Lipinski definition) is 2. The molecule has 0 saturated carbocycles. The molecule has 0 rings (SSSR count). The Kier molecular flexibility index (Phi) is 3.86. The molecule has 5 heteroatoms. The van der Waals surface area contributed by atoms with Crippen LogP contribution in [-0.4, -0.2) is 34.5 Å². The van der Waals surface area contributed by atoms with Crippen molar-refractivity contribution < 1.29 is 11.7 Å². The molecule has 0 aliphatic heterocycles. The molecule has 0 spiro atoms. The number of halogens is 2. The second-order valence-electron chi connectivity index (χ2n) is 1.01. The molecule has 0 amide bonds. The third-order valence-electron chi connectivity index (χ3n) is 0.492. The van der Waals surface area contributed by atoms with Crippen LogP contribution in [0.3, 0.4) is 0 Å². The molecule has 0 aliphatic rings. The summed E-state index contributed by atoms with van der Waals surface area (Å²) in [5, 5.41) is 0. The van der Waals surface area contributed by atoms with E-state index in [-0.39, 0.29) is 6.61 Å². The Morgan fingerprint density at radius 2 is 2.00 bits per heavy atom. The molecule has 8 heavy (non-hydrogen) atoms. The monoisotopic (exact) mass is 235 g/mol. The fraction of sp³-hybridized carbons (Fsp3) is 1.00. The Hall–Kier alpha value is 0.598. The van der Waals surface area contributed by atoms with Gasteiger partial charge in [0.2, 0.25) is 0 Å². The third-order valence-corrected chi connectivity index (χ3v) is 3.30. The molecule has 0 aromatic heterocycles. The van der Waals surface area contributed by atoms with E-state index in [9.17, 15) is 5.63 Å². The molecule has 0 aromatic rings. The maximum absolute atomic E-state index is 11.9. The van der Waals surface area contributed by atoms with E-state index in [1.165, 1.54) is 6.92 Å². The van der Waals surface area contributed by atoms with Gasteiger partial charge in [-0.05, 0) is 0 Å². The van der Waals surface area contributed by atoms with Crippen LogP contribution in [-0.2, 0) is 6.03 Å². The first-order valence-corrected chi connectivity index (χ1v) is 6.12. The van der Waals surface area contributed by atoms with Gasteiger partial charge in [-0.15, -0.1) is 0 Å². The minimum absolute atomic E-state index is 0.0342. The molecule has 0 atom stereocenters. The van der Waals surface area contributed by atoms with Gasteiger partial charge in [0.05, 0.1) is 0 Å². The molecule has 0 bridgehead atoms. The summed E-state index contributed by atoms with van der Waals surface area (Å²) in [6.07, 6.45) is 0. The molecule has 1 radical (unpaired) electrons. The van der Waals surface area contributed by atoms with Gasteiger partial charge >= 0.3 is 53.1 Å². The van der Waals surface area contributed by atoms with Crippen LogP contribution < -0.4 is 0 Å². The van der Waals surface area contributed by atoms with Crippen LogP contribution in [0.2, 0.25) is 0 Å². The van der Waals surface area contributed by atoms with Gasteiger partial charge in [0.15, 0.2) is 0 Å². The molecule has 0 N–H and O–H groups in total. The van der Waals surface area contributed by atoms with Gasteiger partial charge in [-0.3, -0.25) is 0 Å². The van der Waals surface area contributed by atoms with E-state index in [0.717, 1.165) is 7.11 Å². The predicted molar refractivity (Wildman–Crippen MR) is 26.6 cm³/mol. The molecule has 0 heterocycles. The molecular formula is C3H8F2O2Sb. The maximum atomic E-state index is 11.9. The fourth-order valence-corrected chi connectivity index (χ4v) is 1.36. The molecule has 0 saturated heterocycles. The van der Waals surface area contributed by atoms with Gasteiger partial charge < -0.3 is 0 Å². The second-order valence-corrected chi connectivity index (χ2v) is 5.16. The molecule has 0 fully saturated rings. The van der Waals surface area contributed by atoms with Crippen molar-refractivity contribution in [1.82, 2.24) is 0 Å². The average molecular weight is 236 g/mol. The summed E-state index contributed by atoms with van der Waals surface area (Å²) in [6.45, 7) is 1.55. The van der Waals surface area contributed by atoms with Gasteiger partial charge in [-0.25, -0.2) is 0 Å². The molecule has 2 nitrogen and oxygen atoms in total. The van der Waals surface area contributed by atoms with Crippen LogP contribution >= 0.6 is 0 Å². The summed E-state index contributed by atoms with van der Waals surface area (Å²) < 4.78 is 31.7. The summed E-state index contributed by atoms with van der Waals surface area (Å²) in [5.41, 5.74) is 0. The van der Waals surface area contributed by atoms with Gasteiger partial charge in [0, 0.05) is 0 Å². The van der Waals surface area contributed by atoms with Crippen LogP contribution in [0, 0.1) is 0 Å². The first-order valence-electron chi connectivity index (χ1n) is 2.11. The van der Waals surface area contributed by atoms with Gasteiger partial charge in [0.25, 0.3) is 0 Å². The summed E-state index contributed by atoms with van der Waals surface area (Å²) in [7, 11) is 0.973. The Morgan fingerprint density at radius 3 is 2.12 bits per heavy atom. The van der Waals surface area contributed by atoms with Crippen LogP contribution in [0.4, 0.5) is 5.63 Å². The van der Waals surface area contributed by atoms with Crippen molar-refractivity contribution in [3.63, 3.8) is 0 Å². The molecule has 0 unspecified atom stereocenters. The van der Waals surface area contributed by atoms with Gasteiger partial charge in [-0.2, -0.15) is 0 Å². The van der Waals surface area contributed by atoms with Crippen molar-refractivity contribution in [2.45, 2.75) is 6.92 Å². The molecule has 0 aliphatic carbocycles. The summed E-state index contributed by atoms with van der Waals surface area (Å²) >= 11 is -5.24. The first kappa shape index (κ1) is 8.60. The minimum atomic E-state index is -5.24. The molecule has 51 valence electrons. The van der Waals surface area contributed by atoms with E-state index in [1.807, 2.05) is 0 Å². The zero-order valence-electron chi connectivity index (χ0n) is 4.73. The van der Waals surface area contributed by atoms with Crippen molar-refractivity contribution in [1.29, 1.82) is 0 Å². The fourth-order valence-electron chi connectivity index (χ4n) is 0.203. The van der Waals surface area contributed by atoms with Crippen LogP contribution in [0.25, 0.3) is 0 Å². The van der Waals surface area contributed by atoms with Crippen LogP contribution in [0.1, 0.15) is 6.92 Å². The van der Waals surface area contributed by atoms with E-state index >= 15 is 0 Å². The SMILES string of the molecule is CC[O][Sb]([F])([F])[O]C. The van der Waals surface area contributed by atoms with Crippen LogP contribution in [0.15, 0.2) is 0 Å². The zero-order chi connectivity index (χ0) is 6.62. The van der Waals surface area contributed by atoms with Crippen molar-refractivity contribution in [2.24, 2.45) is 0 Å². The quantitative estimate of drug-likeness (QED) is 0.681. The number of hydrogen-bond donors (Lipinski definition) is 0. The van der Waals surface area contributed by atoms with E-state index in [4.69, 9.17) is 0 Å². The van der Waals surface area contributed by atoms with Gasteiger partial charge in [-0.1, -0.05) is 0 Å². The summed E-state index contributed by atoms with van der Waals surface area (Å²) in [5.74, 6) is 0. The summed E-state index contributed by atoms with van der Waals surface area (Å²) in [6, 6.07) is 0. The standard InChI is InChI=1S/C2H5O.CH3O.2FH.Sb/c1-2-3;1-2;;;/h2H2,1H3;1H3;2*1H;/q2*-1;;;+4/p-2. The Labute approximate surface area is 53.5 Å². The predicted octanol–water partition coefficient (Wildman–Crippen LogP) is 1.04. The van der Waals surface area contributed by atoms with Crippen LogP contribution in [0.5, 0.6) is 0 Å². The van der Waals surface area contributed by atoms with Gasteiger partial charge in [0.1, 0.15) is 0 Å². The van der Waals surface area contributed by atoms with Crippen molar-refractivity contribution in [3.8, 4) is 0 Å². The van der Waals surface area contributed by atoms with E-state index in [2.05, 4.69) is 6.03 Å². The van der Waals surface area contributed by atoms with Crippen molar-refractivity contribution >= 4 is 20.8 Å². The van der Waals surface area contributed by atoms with E-state index in [0.29, 0.717) is 0 Å². The molecule has 0 aromatic carbocycles. The van der Waals surface area contributed by atoms with Crippen molar-refractivity contribution in [3.05, 3.63) is 0 Å². The van der Waals surface area contributed by atoms with E-state index in [1.54, 1.807) is 0 Å². The average Bonchev–Trinajstić information content (AvgIpc) is 1.67. The Bertz CT molecular complexity index is 68.3. The third kappa shape index (κ3) is 3.58. The normalized spacial score (nSPS) is 12.0. The second kappa shape index (κ2) is 3.59. The Balaban J connectivity index is 3.37. The first-order chi connectivity index (χ1) is 3.62. The Morgan fingerprint density at radius 1 is 1.50 bits per heavy atom. The molecular weight excluding hydrogens is 228 g/mol. The number of rotatable bonds is 3.